The maximum Gasteiger partial charge on any atom is 4.00 e. The van der Waals surface area contributed by atoms with Crippen LogP contribution in [0.15, 0.2) is 0 Å². The molecule has 0 aromatic carbocycles. The summed E-state index contributed by atoms with van der Waals surface area (Å²) in [4.78, 5) is 0. The average Bonchev–Trinajstić information content (AvgIpc) is 0. The molecule has 0 N–H and O–H groups in total. The summed E-state index contributed by atoms with van der Waals surface area (Å²) < 4.78 is 0. The van der Waals surface area contributed by atoms with E-state index in [1.807, 2.05) is 0 Å². The number of hydrogen-bond acceptors (Lipinski definition) is 0. The molecule has 0 radical (unpaired) electrons. The van der Waals surface area contributed by atoms with E-state index in [2.05, 4.69) is 0 Å². The first kappa shape index (κ1) is 45.4. The zero-order valence-corrected chi connectivity index (χ0v) is 2.06. The van der Waals surface area contributed by atoms with E-state index in [1.165, 1.54) is 0 Å². The Morgan fingerprint density at radius 3 is 0.400 bits per heavy atom. The minimum absolute atomic E-state index is 0. The monoisotopic (exact) mass is 172 g/mol. The van der Waals surface area contributed by atoms with Gasteiger partial charge in [0.2, 0.25) is 0 Å². The van der Waals surface area contributed by atoms with Crippen molar-refractivity contribution in [3.63, 3.8) is 0 Å². The third-order valence-corrected chi connectivity index (χ3v) is 0. The van der Waals surface area contributed by atoms with Crippen LogP contribution in [-0.4, -0.2) is 69.4 Å². The smallest absolute Gasteiger partial charge is 0.0398 e. The SMILES string of the molecule is [AlH4-].[AlH4-].[AlH4-].[AlH4-].[Ti+4]. The predicted octanol–water partition coefficient (Wildman–Crippen LogP) is -5.81. The van der Waals surface area contributed by atoms with Crippen LogP contribution < -0.4 is 0 Å². The van der Waals surface area contributed by atoms with Crippen LogP contribution in [0.4, 0.5) is 0 Å². The van der Waals surface area contributed by atoms with Crippen molar-refractivity contribution in [2.24, 2.45) is 0 Å². The van der Waals surface area contributed by atoms with E-state index >= 15 is 0 Å². The first-order valence-electron chi connectivity index (χ1n) is 0. The Kier molecular flexibility index (Phi) is 263. The minimum atomic E-state index is 0. The second kappa shape index (κ2) is 28.9. The van der Waals surface area contributed by atoms with E-state index < -0.39 is 0 Å². The summed E-state index contributed by atoms with van der Waals surface area (Å²) in [6, 6.07) is 0. The van der Waals surface area contributed by atoms with Gasteiger partial charge in [-0.05, 0) is 0 Å². The molecule has 0 bridgehead atoms. The summed E-state index contributed by atoms with van der Waals surface area (Å²) in [6.45, 7) is 0. The summed E-state index contributed by atoms with van der Waals surface area (Å²) in [6.07, 6.45) is 0. The molecule has 5 heteroatoms. The molecule has 0 spiro atoms. The van der Waals surface area contributed by atoms with Crippen LogP contribution in [0.1, 0.15) is 0 Å². The molecule has 5 heavy (non-hydrogen) atoms. The maximum absolute atomic E-state index is 0. The van der Waals surface area contributed by atoms with E-state index in [0.29, 0.717) is 0 Å². The molecule has 0 saturated carbocycles. The van der Waals surface area contributed by atoms with Crippen molar-refractivity contribution >= 4 is 69.4 Å². The molecule has 0 unspecified atom stereocenters. The average molecular weight is 172 g/mol. The Labute approximate surface area is 89.9 Å². The molecule has 0 aliphatic rings. The van der Waals surface area contributed by atoms with Crippen LogP contribution in [0.25, 0.3) is 0 Å². The summed E-state index contributed by atoms with van der Waals surface area (Å²) in [5.41, 5.74) is 0. The zero-order valence-electron chi connectivity index (χ0n) is 0.500. The number of hydrogen-bond donors (Lipinski definition) is 0. The zero-order chi connectivity index (χ0) is 0. The molecule has 32 valence electrons. The van der Waals surface area contributed by atoms with Gasteiger partial charge < -0.3 is 0 Å². The Hall–Kier alpha value is 2.84. The molecule has 0 saturated heterocycles. The van der Waals surface area contributed by atoms with E-state index in [4.69, 9.17) is 0 Å². The minimum Gasteiger partial charge on any atom is 0.0398 e. The molecule has 0 rings (SSSR count). The summed E-state index contributed by atoms with van der Waals surface area (Å²) in [7, 11) is 0. The molecule has 0 amide bonds. The molecule has 0 nitrogen and oxygen atoms in total. The fourth-order valence-corrected chi connectivity index (χ4v) is 0. The first-order valence-corrected chi connectivity index (χ1v) is 0. The van der Waals surface area contributed by atoms with Crippen molar-refractivity contribution in [2.45, 2.75) is 0 Å². The van der Waals surface area contributed by atoms with Crippen molar-refractivity contribution < 1.29 is 21.7 Å². The fourth-order valence-electron chi connectivity index (χ4n) is 0. The van der Waals surface area contributed by atoms with Crippen LogP contribution >= 0.6 is 0 Å². The van der Waals surface area contributed by atoms with Crippen molar-refractivity contribution in [2.75, 3.05) is 0 Å². The van der Waals surface area contributed by atoms with E-state index in [0.717, 1.165) is 0 Å². The molecular weight excluding hydrogens is 156 g/mol. The molecule has 0 aliphatic carbocycles. The second-order valence-corrected chi connectivity index (χ2v) is 0. The molecule has 0 heterocycles. The summed E-state index contributed by atoms with van der Waals surface area (Å²) in [5.74, 6) is 0. The fraction of sp³-hybridized carbons (Fsp3) is 0. The normalized spacial score (nSPS) is 0. The third kappa shape index (κ3) is 19.9. The predicted molar refractivity (Wildman–Crippen MR) is 45.3 cm³/mol. The van der Waals surface area contributed by atoms with Crippen LogP contribution in [-0.2, 0) is 21.7 Å². The van der Waals surface area contributed by atoms with Gasteiger partial charge in [-0.2, -0.15) is 0 Å². The quantitative estimate of drug-likeness (QED) is 0.319. The third-order valence-electron chi connectivity index (χ3n) is 0. The van der Waals surface area contributed by atoms with Crippen molar-refractivity contribution in [1.82, 2.24) is 0 Å². The van der Waals surface area contributed by atoms with Gasteiger partial charge in [-0.15, -0.1) is 0 Å². The first-order chi connectivity index (χ1) is 0. The van der Waals surface area contributed by atoms with Gasteiger partial charge in [-0.25, -0.2) is 0 Å². The molecule has 0 atom stereocenters. The Morgan fingerprint density at radius 2 is 0.400 bits per heavy atom. The van der Waals surface area contributed by atoms with Gasteiger partial charge in [0.15, 0.2) is 0 Å². The molecular formula is H16Al4Ti. The van der Waals surface area contributed by atoms with Gasteiger partial charge in [0.25, 0.3) is 0 Å². The van der Waals surface area contributed by atoms with E-state index in [1.54, 1.807) is 0 Å². The molecule has 0 aromatic rings. The van der Waals surface area contributed by atoms with Gasteiger partial charge in [0.1, 0.15) is 0 Å². The van der Waals surface area contributed by atoms with Gasteiger partial charge in [0, 0.05) is 69.4 Å². The summed E-state index contributed by atoms with van der Waals surface area (Å²) in [5, 5.41) is 0. The topological polar surface area (TPSA) is 0 Å². The molecule has 0 aliphatic heterocycles. The van der Waals surface area contributed by atoms with Crippen molar-refractivity contribution in [3.05, 3.63) is 0 Å². The standard InChI is InChI=1S/4Al.Ti.16H/q4*-1;+4;;;;;;;;;;;;;;;;. The maximum atomic E-state index is 0. The Morgan fingerprint density at radius 1 is 0.400 bits per heavy atom. The van der Waals surface area contributed by atoms with E-state index in [-0.39, 0.29) is 91.2 Å². The van der Waals surface area contributed by atoms with Crippen molar-refractivity contribution in [1.29, 1.82) is 0 Å². The second-order valence-electron chi connectivity index (χ2n) is 0. The summed E-state index contributed by atoms with van der Waals surface area (Å²) >= 11 is 0. The Bertz CT molecular complexity index is 3.61. The van der Waals surface area contributed by atoms with Gasteiger partial charge in [-0.3, -0.25) is 0 Å². The number of rotatable bonds is 0. The van der Waals surface area contributed by atoms with Crippen LogP contribution in [0.2, 0.25) is 0 Å². The van der Waals surface area contributed by atoms with Gasteiger partial charge >= 0.3 is 21.7 Å². The van der Waals surface area contributed by atoms with Crippen LogP contribution in [0, 0.1) is 0 Å². The van der Waals surface area contributed by atoms with E-state index in [9.17, 15) is 0 Å². The van der Waals surface area contributed by atoms with Gasteiger partial charge in [-0.1, -0.05) is 0 Å². The largest absolute Gasteiger partial charge is 4.00 e. The van der Waals surface area contributed by atoms with Crippen molar-refractivity contribution in [3.8, 4) is 0 Å². The van der Waals surface area contributed by atoms with Gasteiger partial charge in [0.05, 0.1) is 0 Å². The van der Waals surface area contributed by atoms with Crippen LogP contribution in [0.3, 0.4) is 0 Å². The Balaban J connectivity index is 0. The molecule has 0 aromatic heterocycles. The molecule has 0 fully saturated rings. The van der Waals surface area contributed by atoms with Crippen LogP contribution in [0.5, 0.6) is 0 Å².